The number of nitrogens with one attached hydrogen (secondary N) is 1. The zero-order chi connectivity index (χ0) is 24.3. The molecule has 5 N–H and O–H groups in total. The molecule has 0 aliphatic carbocycles. The number of guanidine groups is 1. The molecular weight excluding hydrogens is 436 g/mol. The molecule has 32 heavy (non-hydrogen) atoms. The van der Waals surface area contributed by atoms with Crippen molar-refractivity contribution in [1.82, 2.24) is 5.32 Å². The largest absolute Gasteiger partial charge is 0.444 e. The summed E-state index contributed by atoms with van der Waals surface area (Å²) in [5.74, 6) is -1.40. The molecule has 12 heteroatoms. The highest BCUT2D eigenvalue weighted by atomic mass is 32.2. The fraction of sp³-hybridized carbons (Fsp3) is 0.500. The summed E-state index contributed by atoms with van der Waals surface area (Å²) in [5, 5.41) is 12.3. The summed E-state index contributed by atoms with van der Waals surface area (Å²) in [6.45, 7) is 6.17. The summed E-state index contributed by atoms with van der Waals surface area (Å²) < 4.78 is 30.2. The number of amides is 2. The highest BCUT2D eigenvalue weighted by Crippen LogP contribution is 2.31. The minimum atomic E-state index is -3.75. The summed E-state index contributed by atoms with van der Waals surface area (Å²) in [4.78, 5) is 29.4. The van der Waals surface area contributed by atoms with Crippen molar-refractivity contribution in [2.75, 3.05) is 24.2 Å². The van der Waals surface area contributed by atoms with Crippen LogP contribution in [-0.2, 0) is 14.6 Å². The normalized spacial score (nSPS) is 14.9. The summed E-state index contributed by atoms with van der Waals surface area (Å²) in [5.41, 5.74) is 9.91. The average Bonchev–Trinajstić information content (AvgIpc) is 2.64. The monoisotopic (exact) mass is 464 g/mol. The van der Waals surface area contributed by atoms with Crippen LogP contribution in [0.5, 0.6) is 0 Å². The Hall–Kier alpha value is -3.33. The van der Waals surface area contributed by atoms with E-state index in [0.717, 1.165) is 12.3 Å². The topological polar surface area (TPSA) is 181 Å². The predicted molar refractivity (Wildman–Crippen MR) is 119 cm³/mol. The van der Waals surface area contributed by atoms with Crippen LogP contribution in [0.4, 0.5) is 10.5 Å². The highest BCUT2D eigenvalue weighted by Gasteiger charge is 2.28. The number of alkyl carbamates (subject to hydrolysis) is 1. The molecule has 174 valence electrons. The van der Waals surface area contributed by atoms with E-state index < -0.39 is 33.4 Å². The third-order valence-corrected chi connectivity index (χ3v) is 5.76. The molecule has 0 unspecified atom stereocenters. The first-order valence-corrected chi connectivity index (χ1v) is 11.8. The third-order valence-electron chi connectivity index (χ3n) is 4.64. The molecule has 1 aliphatic rings. The lowest BCUT2D eigenvalue weighted by Gasteiger charge is -2.35. The lowest BCUT2D eigenvalue weighted by molar-refractivity contribution is 0.0497. The fourth-order valence-electron chi connectivity index (χ4n) is 3.30. The second-order valence-corrected chi connectivity index (χ2v) is 10.5. The number of hydrogen-bond acceptors (Lipinski definition) is 7. The molecule has 0 atom stereocenters. The number of nitriles is 1. The predicted octanol–water partition coefficient (Wildman–Crippen LogP) is 0.869. The summed E-state index contributed by atoms with van der Waals surface area (Å²) >= 11 is 0. The lowest BCUT2D eigenvalue weighted by Crippen LogP contribution is -2.46. The van der Waals surface area contributed by atoms with E-state index in [-0.39, 0.29) is 22.1 Å². The van der Waals surface area contributed by atoms with Gasteiger partial charge in [-0.2, -0.15) is 10.3 Å². The van der Waals surface area contributed by atoms with E-state index >= 15 is 0 Å². The number of rotatable bonds is 4. The maximum Gasteiger partial charge on any atom is 0.407 e. The fourth-order valence-corrected chi connectivity index (χ4v) is 4.20. The van der Waals surface area contributed by atoms with Gasteiger partial charge in [0.05, 0.1) is 21.7 Å². The Balaban J connectivity index is 2.30. The van der Waals surface area contributed by atoms with Crippen LogP contribution in [0.2, 0.25) is 0 Å². The number of sulfone groups is 1. The van der Waals surface area contributed by atoms with Crippen molar-refractivity contribution in [1.29, 1.82) is 5.26 Å². The second kappa shape index (κ2) is 9.44. The Morgan fingerprint density at radius 1 is 1.25 bits per heavy atom. The third kappa shape index (κ3) is 6.58. The smallest absolute Gasteiger partial charge is 0.407 e. The van der Waals surface area contributed by atoms with Crippen molar-refractivity contribution >= 4 is 33.5 Å². The molecular formula is C20H28N6O5S. The molecule has 0 spiro atoms. The Labute approximate surface area is 187 Å². The molecule has 1 fully saturated rings. The maximum atomic E-state index is 12.5. The first-order valence-electron chi connectivity index (χ1n) is 9.88. The van der Waals surface area contributed by atoms with Gasteiger partial charge in [-0.1, -0.05) is 0 Å². The van der Waals surface area contributed by atoms with Crippen LogP contribution in [0.3, 0.4) is 0 Å². The van der Waals surface area contributed by atoms with Gasteiger partial charge in [0.25, 0.3) is 5.91 Å². The first kappa shape index (κ1) is 24.9. The first-order chi connectivity index (χ1) is 14.7. The molecule has 1 heterocycles. The number of benzene rings is 1. The second-order valence-electron chi connectivity index (χ2n) is 8.50. The number of anilines is 1. The number of ether oxygens (including phenoxy) is 1. The number of nitrogens with two attached hydrogens (primary N) is 2. The maximum absolute atomic E-state index is 12.5. The molecule has 1 aromatic rings. The van der Waals surface area contributed by atoms with Crippen LogP contribution in [0.25, 0.3) is 0 Å². The van der Waals surface area contributed by atoms with Gasteiger partial charge in [0.1, 0.15) is 11.7 Å². The summed E-state index contributed by atoms with van der Waals surface area (Å²) in [7, 11) is -3.75. The van der Waals surface area contributed by atoms with E-state index in [1.807, 2.05) is 6.07 Å². The van der Waals surface area contributed by atoms with E-state index in [0.29, 0.717) is 31.6 Å². The highest BCUT2D eigenvalue weighted by molar-refractivity contribution is 7.90. The van der Waals surface area contributed by atoms with Crippen LogP contribution >= 0.6 is 0 Å². The van der Waals surface area contributed by atoms with Gasteiger partial charge >= 0.3 is 6.09 Å². The average molecular weight is 465 g/mol. The van der Waals surface area contributed by atoms with E-state index in [1.54, 1.807) is 25.7 Å². The Kier molecular flexibility index (Phi) is 7.35. The minimum Gasteiger partial charge on any atom is -0.444 e. The molecule has 1 saturated heterocycles. The molecule has 0 aromatic heterocycles. The van der Waals surface area contributed by atoms with Crippen molar-refractivity contribution in [3.05, 3.63) is 23.3 Å². The Morgan fingerprint density at radius 3 is 2.31 bits per heavy atom. The van der Waals surface area contributed by atoms with Gasteiger partial charge in [0.15, 0.2) is 15.8 Å². The van der Waals surface area contributed by atoms with Crippen molar-refractivity contribution in [3.63, 3.8) is 0 Å². The van der Waals surface area contributed by atoms with Gasteiger partial charge in [0.2, 0.25) is 0 Å². The summed E-state index contributed by atoms with van der Waals surface area (Å²) in [6.07, 6.45) is 1.59. The van der Waals surface area contributed by atoms with Gasteiger partial charge in [-0.15, -0.1) is 0 Å². The van der Waals surface area contributed by atoms with E-state index in [4.69, 9.17) is 16.2 Å². The van der Waals surface area contributed by atoms with Gasteiger partial charge in [0, 0.05) is 25.4 Å². The van der Waals surface area contributed by atoms with E-state index in [9.17, 15) is 23.3 Å². The van der Waals surface area contributed by atoms with Gasteiger partial charge < -0.3 is 26.4 Å². The van der Waals surface area contributed by atoms with Gasteiger partial charge in [-0.05, 0) is 45.7 Å². The van der Waals surface area contributed by atoms with Crippen molar-refractivity contribution < 1.29 is 22.7 Å². The summed E-state index contributed by atoms with van der Waals surface area (Å²) in [6, 6.07) is 4.24. The van der Waals surface area contributed by atoms with Gasteiger partial charge in [-0.25, -0.2) is 13.2 Å². The van der Waals surface area contributed by atoms with Crippen LogP contribution in [0, 0.1) is 11.3 Å². The van der Waals surface area contributed by atoms with Crippen LogP contribution < -0.4 is 21.7 Å². The molecule has 2 amide bonds. The molecule has 1 aromatic carbocycles. The quantitative estimate of drug-likeness (QED) is 0.430. The molecule has 0 radical (unpaired) electrons. The van der Waals surface area contributed by atoms with Crippen LogP contribution in [-0.4, -0.2) is 57.4 Å². The number of nitrogens with zero attached hydrogens (tertiary/aromatic N) is 3. The Bertz CT molecular complexity index is 1070. The van der Waals surface area contributed by atoms with Crippen LogP contribution in [0.15, 0.2) is 22.0 Å². The Morgan fingerprint density at radius 2 is 1.84 bits per heavy atom. The van der Waals surface area contributed by atoms with E-state index in [1.165, 1.54) is 6.07 Å². The number of hydrogen-bond donors (Lipinski definition) is 3. The standard InChI is InChI=1S/C20H28N6O5S/c1-20(2,3)31-19(28)24-13-5-7-26(8-6-13)15-9-12(11-21)14(17(27)25-18(22)23)10-16(15)32(4,29)30/h9-10,13H,5-8H2,1-4H3,(H,24,28)(H4,22,23,25,27). The molecule has 11 nitrogen and oxygen atoms in total. The molecule has 1 aliphatic heterocycles. The molecule has 0 saturated carbocycles. The molecule has 2 rings (SSSR count). The van der Waals surface area contributed by atoms with Gasteiger partial charge in [-0.3, -0.25) is 4.79 Å². The van der Waals surface area contributed by atoms with Crippen molar-refractivity contribution in [2.45, 2.75) is 50.2 Å². The van der Waals surface area contributed by atoms with Crippen LogP contribution in [0.1, 0.15) is 49.5 Å². The van der Waals surface area contributed by atoms with Crippen molar-refractivity contribution in [3.8, 4) is 6.07 Å². The van der Waals surface area contributed by atoms with E-state index in [2.05, 4.69) is 10.3 Å². The number of carbonyl (C=O) groups excluding carboxylic acids is 2. The zero-order valence-corrected chi connectivity index (χ0v) is 19.3. The number of piperidine rings is 1. The van der Waals surface area contributed by atoms with Crippen molar-refractivity contribution in [2.24, 2.45) is 16.5 Å². The molecule has 0 bridgehead atoms. The lowest BCUT2D eigenvalue weighted by atomic mass is 10.0. The number of carbonyl (C=O) groups is 2. The SMILES string of the molecule is CC(C)(C)OC(=O)NC1CCN(c2cc(C#N)c(C(=O)N=C(N)N)cc2S(C)(=O)=O)CC1. The zero-order valence-electron chi connectivity index (χ0n) is 18.5. The minimum absolute atomic E-state index is 0.0450. The number of aliphatic imine (C=N–C) groups is 1.